The topological polar surface area (TPSA) is 63.9 Å². The molecule has 0 aliphatic carbocycles. The lowest BCUT2D eigenvalue weighted by atomic mass is 9.92. The zero-order valence-corrected chi connectivity index (χ0v) is 15.1. The molecule has 0 radical (unpaired) electrons. The van der Waals surface area contributed by atoms with Crippen LogP contribution in [0.15, 0.2) is 35.6 Å². The molecule has 0 saturated carbocycles. The van der Waals surface area contributed by atoms with Crippen LogP contribution in [0.3, 0.4) is 0 Å². The first-order chi connectivity index (χ1) is 10.7. The number of pyridine rings is 1. The van der Waals surface area contributed by atoms with Gasteiger partial charge >= 0.3 is 0 Å². The van der Waals surface area contributed by atoms with Crippen LogP contribution in [0.25, 0.3) is 0 Å². The van der Waals surface area contributed by atoms with Crippen LogP contribution in [-0.2, 0) is 12.8 Å². The first kappa shape index (κ1) is 20.1. The number of methoxy groups -OCH3 is 2. The van der Waals surface area contributed by atoms with E-state index in [1.807, 2.05) is 24.4 Å². The van der Waals surface area contributed by atoms with Crippen molar-refractivity contribution in [1.29, 1.82) is 0 Å². The minimum atomic E-state index is 0. The molecular weight excluding hydrogens is 351 g/mol. The lowest BCUT2D eigenvalue weighted by Crippen LogP contribution is -2.16. The summed E-state index contributed by atoms with van der Waals surface area (Å²) in [6, 6.07) is 5.82. The second-order valence-electron chi connectivity index (χ2n) is 5.11. The summed E-state index contributed by atoms with van der Waals surface area (Å²) in [5.41, 5.74) is 3.70. The quantitative estimate of drug-likeness (QED) is 0.896. The van der Waals surface area contributed by atoms with Gasteiger partial charge in [-0.3, -0.25) is 9.98 Å². The van der Waals surface area contributed by atoms with Crippen molar-refractivity contribution in [3.05, 3.63) is 47.3 Å². The third kappa shape index (κ3) is 3.74. The van der Waals surface area contributed by atoms with Crippen molar-refractivity contribution in [3.8, 4) is 17.2 Å². The van der Waals surface area contributed by atoms with Gasteiger partial charge in [0.2, 0.25) is 5.75 Å². The number of hydrogen-bond acceptors (Lipinski definition) is 5. The maximum Gasteiger partial charge on any atom is 0.203 e. The fourth-order valence-corrected chi connectivity index (χ4v) is 2.78. The van der Waals surface area contributed by atoms with Crippen molar-refractivity contribution < 1.29 is 14.6 Å². The van der Waals surface area contributed by atoms with E-state index in [9.17, 15) is 5.11 Å². The number of rotatable bonds is 4. The summed E-state index contributed by atoms with van der Waals surface area (Å²) in [6.45, 7) is 0.706. The Bertz CT molecular complexity index is 722. The van der Waals surface area contributed by atoms with Gasteiger partial charge in [-0.2, -0.15) is 0 Å². The molecule has 5 nitrogen and oxygen atoms in total. The molecule has 1 aromatic heterocycles. The van der Waals surface area contributed by atoms with E-state index in [0.717, 1.165) is 28.8 Å². The summed E-state index contributed by atoms with van der Waals surface area (Å²) in [6.07, 6.45) is 4.96. The molecular formula is C17H20Cl2N2O3. The summed E-state index contributed by atoms with van der Waals surface area (Å²) >= 11 is 0. The number of fused-ring (bicyclic) bond motifs is 1. The molecule has 3 rings (SSSR count). The number of nitrogens with zero attached hydrogens (tertiary/aromatic N) is 2. The second-order valence-corrected chi connectivity index (χ2v) is 5.11. The molecule has 7 heteroatoms. The van der Waals surface area contributed by atoms with Crippen molar-refractivity contribution in [3.63, 3.8) is 0 Å². The van der Waals surface area contributed by atoms with Gasteiger partial charge in [0.1, 0.15) is 0 Å². The fourth-order valence-electron chi connectivity index (χ4n) is 2.78. The number of aromatic hydroxyl groups is 1. The summed E-state index contributed by atoms with van der Waals surface area (Å²) < 4.78 is 10.6. The predicted molar refractivity (Wildman–Crippen MR) is 98.8 cm³/mol. The maximum absolute atomic E-state index is 10.6. The van der Waals surface area contributed by atoms with Crippen LogP contribution in [-0.4, -0.2) is 36.6 Å². The zero-order chi connectivity index (χ0) is 15.5. The molecule has 0 saturated heterocycles. The Labute approximate surface area is 153 Å². The van der Waals surface area contributed by atoms with E-state index in [1.165, 1.54) is 7.11 Å². The van der Waals surface area contributed by atoms with Gasteiger partial charge in [-0.25, -0.2) is 0 Å². The van der Waals surface area contributed by atoms with E-state index < -0.39 is 0 Å². The lowest BCUT2D eigenvalue weighted by molar-refractivity contribution is 0.332. The molecule has 0 atom stereocenters. The Hall–Kier alpha value is -1.98. The van der Waals surface area contributed by atoms with Crippen molar-refractivity contribution in [2.45, 2.75) is 12.8 Å². The Kier molecular flexibility index (Phi) is 7.32. The Morgan fingerprint density at radius 3 is 2.62 bits per heavy atom. The molecule has 0 spiro atoms. The van der Waals surface area contributed by atoms with E-state index in [2.05, 4.69) is 9.98 Å². The average Bonchev–Trinajstić information content (AvgIpc) is 2.55. The molecule has 0 bridgehead atoms. The maximum atomic E-state index is 10.6. The van der Waals surface area contributed by atoms with Gasteiger partial charge < -0.3 is 14.6 Å². The SMILES string of the molecule is COc1cc2c(c(O)c1OC)C(Cc1cccnc1)=NCC2.Cl.Cl. The van der Waals surface area contributed by atoms with Gasteiger partial charge in [-0.1, -0.05) is 6.07 Å². The number of aromatic nitrogens is 1. The standard InChI is InChI=1S/C17H18N2O3.2ClH/c1-21-14-9-12-5-7-19-13(8-11-4-3-6-18-10-11)15(12)16(20)17(14)22-2;;/h3-4,6,9-10,20H,5,7-8H2,1-2H3;2*1H. The number of halogens is 2. The van der Waals surface area contributed by atoms with E-state index in [0.29, 0.717) is 24.5 Å². The van der Waals surface area contributed by atoms with Crippen molar-refractivity contribution in [1.82, 2.24) is 4.98 Å². The zero-order valence-electron chi connectivity index (χ0n) is 13.5. The summed E-state index contributed by atoms with van der Waals surface area (Å²) in [5.74, 6) is 0.989. The molecule has 1 aliphatic rings. The normalized spacial score (nSPS) is 12.2. The second kappa shape index (κ2) is 8.76. The largest absolute Gasteiger partial charge is 0.504 e. The molecule has 130 valence electrons. The van der Waals surface area contributed by atoms with Crippen LogP contribution in [0.4, 0.5) is 0 Å². The Balaban J connectivity index is 0.00000144. The smallest absolute Gasteiger partial charge is 0.203 e. The lowest BCUT2D eigenvalue weighted by Gasteiger charge is -2.21. The summed E-state index contributed by atoms with van der Waals surface area (Å²) in [4.78, 5) is 8.72. The van der Waals surface area contributed by atoms with Crippen LogP contribution in [0, 0.1) is 0 Å². The van der Waals surface area contributed by atoms with E-state index in [4.69, 9.17) is 9.47 Å². The van der Waals surface area contributed by atoms with Crippen molar-refractivity contribution in [2.24, 2.45) is 4.99 Å². The van der Waals surface area contributed by atoms with Crippen molar-refractivity contribution in [2.75, 3.05) is 20.8 Å². The number of phenols is 1. The van der Waals surface area contributed by atoms with Crippen molar-refractivity contribution >= 4 is 30.5 Å². The average molecular weight is 371 g/mol. The molecule has 1 aliphatic heterocycles. The highest BCUT2D eigenvalue weighted by molar-refractivity contribution is 6.06. The highest BCUT2D eigenvalue weighted by Gasteiger charge is 2.24. The van der Waals surface area contributed by atoms with Gasteiger partial charge in [-0.15, -0.1) is 24.8 Å². The van der Waals surface area contributed by atoms with Crippen LogP contribution in [0.5, 0.6) is 17.2 Å². The van der Waals surface area contributed by atoms with Gasteiger partial charge in [-0.05, 0) is 29.7 Å². The van der Waals surface area contributed by atoms with Gasteiger partial charge in [0, 0.05) is 30.9 Å². The minimum Gasteiger partial charge on any atom is -0.504 e. The Morgan fingerprint density at radius 1 is 1.21 bits per heavy atom. The number of aliphatic imine (C=N–C) groups is 1. The highest BCUT2D eigenvalue weighted by Crippen LogP contribution is 2.42. The number of benzene rings is 1. The molecule has 2 heterocycles. The summed E-state index contributed by atoms with van der Waals surface area (Å²) in [5, 5.41) is 10.6. The van der Waals surface area contributed by atoms with Crippen LogP contribution < -0.4 is 9.47 Å². The molecule has 1 N–H and O–H groups in total. The Morgan fingerprint density at radius 2 is 2.00 bits per heavy atom. The van der Waals surface area contributed by atoms with Gasteiger partial charge in [0.05, 0.1) is 19.9 Å². The van der Waals surface area contributed by atoms with Crippen LogP contribution >= 0.6 is 24.8 Å². The summed E-state index contributed by atoms with van der Waals surface area (Å²) in [7, 11) is 3.09. The third-order valence-electron chi connectivity index (χ3n) is 3.79. The first-order valence-corrected chi connectivity index (χ1v) is 7.14. The minimum absolute atomic E-state index is 0. The fraction of sp³-hybridized carbons (Fsp3) is 0.294. The van der Waals surface area contributed by atoms with E-state index in [-0.39, 0.29) is 30.6 Å². The molecule has 0 unspecified atom stereocenters. The van der Waals surface area contributed by atoms with Crippen LogP contribution in [0.2, 0.25) is 0 Å². The predicted octanol–water partition coefficient (Wildman–Crippen LogP) is 3.24. The van der Waals surface area contributed by atoms with E-state index >= 15 is 0 Å². The van der Waals surface area contributed by atoms with Gasteiger partial charge in [0.25, 0.3) is 0 Å². The monoisotopic (exact) mass is 370 g/mol. The van der Waals surface area contributed by atoms with Gasteiger partial charge in [0.15, 0.2) is 11.5 Å². The molecule has 24 heavy (non-hydrogen) atoms. The highest BCUT2D eigenvalue weighted by atomic mass is 35.5. The number of hydrogen-bond donors (Lipinski definition) is 1. The molecule has 2 aromatic rings. The first-order valence-electron chi connectivity index (χ1n) is 7.14. The number of ether oxygens (including phenoxy) is 2. The molecule has 0 fully saturated rings. The molecule has 1 aromatic carbocycles. The van der Waals surface area contributed by atoms with Crippen LogP contribution in [0.1, 0.15) is 16.7 Å². The van der Waals surface area contributed by atoms with E-state index in [1.54, 1.807) is 13.3 Å². The third-order valence-corrected chi connectivity index (χ3v) is 3.79. The number of phenolic OH excluding ortho intramolecular Hbond substituents is 1. The molecule has 0 amide bonds.